The lowest BCUT2D eigenvalue weighted by molar-refractivity contribution is -0.164. The molecule has 0 radical (unpaired) electrons. The van der Waals surface area contributed by atoms with Gasteiger partial charge in [0.1, 0.15) is 31.8 Å². The van der Waals surface area contributed by atoms with E-state index in [9.17, 15) is 19.2 Å². The Labute approximate surface area is 195 Å². The Balaban J connectivity index is 0.000000999. The highest BCUT2D eigenvalue weighted by Gasteiger charge is 2.37. The number of anilines is 3. The first-order valence-corrected chi connectivity index (χ1v) is 9.20. The number of hydrogen-bond acceptors (Lipinski definition) is 14. The number of carbonyl (C=O) groups is 4. The monoisotopic (exact) mass is 478 g/mol. The average molecular weight is 478 g/mol. The molecule has 0 atom stereocenters. The zero-order valence-electron chi connectivity index (χ0n) is 18.3. The molecule has 0 saturated heterocycles. The summed E-state index contributed by atoms with van der Waals surface area (Å²) in [6.07, 6.45) is 3.69. The number of nitrogen functional groups attached to an aromatic ring is 3. The summed E-state index contributed by atoms with van der Waals surface area (Å²) in [5.41, 5.74) is 14.1. The smallest absolute Gasteiger partial charge is 0.330 e. The summed E-state index contributed by atoms with van der Waals surface area (Å²) in [5.74, 6) is -2.91. The van der Waals surface area contributed by atoms with Gasteiger partial charge in [-0.2, -0.15) is 15.0 Å². The maximum atomic E-state index is 11.3. The first-order valence-electron chi connectivity index (χ1n) is 9.20. The number of hydrogen-bond donors (Lipinski definition) is 3. The molecule has 14 nitrogen and oxygen atoms in total. The van der Waals surface area contributed by atoms with Crippen LogP contribution >= 0.6 is 0 Å². The summed E-state index contributed by atoms with van der Waals surface area (Å²) in [4.78, 5) is 55.8. The highest BCUT2D eigenvalue weighted by molar-refractivity contribution is 5.82. The number of ether oxygens (including phenoxy) is 4. The molecule has 0 amide bonds. The molecule has 1 rings (SSSR count). The minimum absolute atomic E-state index is 0.0417. The molecule has 34 heavy (non-hydrogen) atoms. The lowest BCUT2D eigenvalue weighted by Crippen LogP contribution is -2.43. The van der Waals surface area contributed by atoms with Gasteiger partial charge in [-0.1, -0.05) is 26.3 Å². The number of aromatic nitrogens is 3. The lowest BCUT2D eigenvalue weighted by atomic mass is 9.92. The fraction of sp³-hybridized carbons (Fsp3) is 0.250. The zero-order valence-corrected chi connectivity index (χ0v) is 18.3. The molecule has 1 heterocycles. The molecular formula is C20H26N6O8. The molecule has 1 aromatic rings. The van der Waals surface area contributed by atoms with E-state index in [2.05, 4.69) is 41.3 Å². The van der Waals surface area contributed by atoms with Crippen molar-refractivity contribution in [3.8, 4) is 0 Å². The van der Waals surface area contributed by atoms with E-state index in [1.807, 2.05) is 0 Å². The maximum Gasteiger partial charge on any atom is 0.330 e. The van der Waals surface area contributed by atoms with Crippen LogP contribution in [0.5, 0.6) is 0 Å². The van der Waals surface area contributed by atoms with Gasteiger partial charge in [0.05, 0.1) is 0 Å². The first-order chi connectivity index (χ1) is 16.0. The maximum absolute atomic E-state index is 11.3. The minimum Gasteiger partial charge on any atom is -0.462 e. The Morgan fingerprint density at radius 1 is 0.588 bits per heavy atom. The first kappa shape index (κ1) is 29.2. The van der Waals surface area contributed by atoms with Gasteiger partial charge in [0, 0.05) is 24.3 Å². The van der Waals surface area contributed by atoms with Gasteiger partial charge < -0.3 is 36.1 Å². The zero-order chi connectivity index (χ0) is 26.1. The molecule has 0 aromatic carbocycles. The van der Waals surface area contributed by atoms with Gasteiger partial charge in [-0.3, -0.25) is 0 Å². The second kappa shape index (κ2) is 15.1. The van der Waals surface area contributed by atoms with Crippen LogP contribution in [0, 0.1) is 5.41 Å². The van der Waals surface area contributed by atoms with Gasteiger partial charge >= 0.3 is 23.9 Å². The van der Waals surface area contributed by atoms with Crippen molar-refractivity contribution in [2.75, 3.05) is 43.6 Å². The summed E-state index contributed by atoms with van der Waals surface area (Å²) in [7, 11) is 0. The van der Waals surface area contributed by atoms with E-state index < -0.39 is 29.3 Å². The van der Waals surface area contributed by atoms with Gasteiger partial charge in [0.25, 0.3) is 0 Å². The fourth-order valence-corrected chi connectivity index (χ4v) is 1.81. The van der Waals surface area contributed by atoms with Crippen LogP contribution in [0.1, 0.15) is 0 Å². The van der Waals surface area contributed by atoms with Crippen LogP contribution in [0.3, 0.4) is 0 Å². The Bertz CT molecular complexity index is 782. The van der Waals surface area contributed by atoms with Crippen molar-refractivity contribution in [3.63, 3.8) is 0 Å². The van der Waals surface area contributed by atoms with E-state index in [0.29, 0.717) is 0 Å². The Kier molecular flexibility index (Phi) is 13.0. The van der Waals surface area contributed by atoms with E-state index in [-0.39, 0.29) is 44.3 Å². The molecule has 0 bridgehead atoms. The third-order valence-electron chi connectivity index (χ3n) is 3.44. The van der Waals surface area contributed by atoms with Crippen LogP contribution in [0.15, 0.2) is 50.6 Å². The van der Waals surface area contributed by atoms with Crippen molar-refractivity contribution < 1.29 is 38.1 Å². The van der Waals surface area contributed by atoms with Crippen LogP contribution in [0.25, 0.3) is 0 Å². The SMILES string of the molecule is C=CC(=O)OCC(COC(=O)C=C)(COC(=O)C=C)COC(=O)C=C.Nc1nc(N)nc(N)n1. The normalized spacial score (nSPS) is 9.76. The number of nitrogens with zero attached hydrogens (tertiary/aromatic N) is 3. The highest BCUT2D eigenvalue weighted by Crippen LogP contribution is 2.21. The number of carbonyl (C=O) groups excluding carboxylic acids is 4. The second-order valence-corrected chi connectivity index (χ2v) is 6.16. The topological polar surface area (TPSA) is 222 Å². The Hall–Kier alpha value is -4.75. The molecule has 184 valence electrons. The lowest BCUT2D eigenvalue weighted by Gasteiger charge is -2.31. The second-order valence-electron chi connectivity index (χ2n) is 6.16. The molecular weight excluding hydrogens is 452 g/mol. The van der Waals surface area contributed by atoms with E-state index in [1.54, 1.807) is 0 Å². The van der Waals surface area contributed by atoms with Gasteiger partial charge in [0.2, 0.25) is 17.8 Å². The van der Waals surface area contributed by atoms with Crippen molar-refractivity contribution in [2.45, 2.75) is 0 Å². The van der Waals surface area contributed by atoms with Crippen LogP contribution in [-0.4, -0.2) is 65.3 Å². The molecule has 0 fully saturated rings. The van der Waals surface area contributed by atoms with Crippen molar-refractivity contribution in [1.29, 1.82) is 0 Å². The summed E-state index contributed by atoms with van der Waals surface area (Å²) in [6, 6.07) is 0. The summed E-state index contributed by atoms with van der Waals surface area (Å²) < 4.78 is 19.8. The molecule has 0 aliphatic carbocycles. The minimum atomic E-state index is -1.34. The summed E-state index contributed by atoms with van der Waals surface area (Å²) in [6.45, 7) is 11.5. The van der Waals surface area contributed by atoms with Crippen molar-refractivity contribution in [3.05, 3.63) is 50.6 Å². The van der Waals surface area contributed by atoms with Crippen molar-refractivity contribution >= 4 is 41.7 Å². The van der Waals surface area contributed by atoms with Crippen LogP contribution in [-0.2, 0) is 38.1 Å². The predicted molar refractivity (Wildman–Crippen MR) is 120 cm³/mol. The van der Waals surface area contributed by atoms with Crippen molar-refractivity contribution in [1.82, 2.24) is 15.0 Å². The molecule has 1 aromatic heterocycles. The molecule has 0 saturated carbocycles. The highest BCUT2D eigenvalue weighted by atomic mass is 16.6. The Morgan fingerprint density at radius 3 is 0.971 bits per heavy atom. The third kappa shape index (κ3) is 12.2. The summed E-state index contributed by atoms with van der Waals surface area (Å²) >= 11 is 0. The molecule has 0 spiro atoms. The molecule has 14 heteroatoms. The van der Waals surface area contributed by atoms with Crippen molar-refractivity contribution in [2.24, 2.45) is 5.41 Å². The fourth-order valence-electron chi connectivity index (χ4n) is 1.81. The van der Waals surface area contributed by atoms with E-state index >= 15 is 0 Å². The quantitative estimate of drug-likeness (QED) is 0.196. The average Bonchev–Trinajstić information content (AvgIpc) is 2.81. The molecule has 0 aliphatic rings. The van der Waals surface area contributed by atoms with Crippen LogP contribution in [0.2, 0.25) is 0 Å². The number of esters is 4. The van der Waals surface area contributed by atoms with Crippen LogP contribution < -0.4 is 17.2 Å². The van der Waals surface area contributed by atoms with Gasteiger partial charge in [-0.25, -0.2) is 19.2 Å². The largest absolute Gasteiger partial charge is 0.462 e. The van der Waals surface area contributed by atoms with E-state index in [1.165, 1.54) is 0 Å². The van der Waals surface area contributed by atoms with E-state index in [0.717, 1.165) is 24.3 Å². The number of nitrogens with two attached hydrogens (primary N) is 3. The molecule has 0 aliphatic heterocycles. The third-order valence-corrected chi connectivity index (χ3v) is 3.44. The molecule has 0 unspecified atom stereocenters. The van der Waals surface area contributed by atoms with Gasteiger partial charge in [-0.15, -0.1) is 0 Å². The van der Waals surface area contributed by atoms with Crippen LogP contribution in [0.4, 0.5) is 17.8 Å². The Morgan fingerprint density at radius 2 is 0.794 bits per heavy atom. The van der Waals surface area contributed by atoms with E-state index in [4.69, 9.17) is 36.1 Å². The van der Waals surface area contributed by atoms with Gasteiger partial charge in [-0.05, 0) is 0 Å². The standard InChI is InChI=1S/C17H20O8.C3H6N6/c1-5-13(18)22-9-17(10-23-14(19)6-2,11-24-15(20)7-3)12-25-16(21)8-4;4-1-7-2(5)9-3(6)8-1/h5-8H,1-4,9-12H2;(H6,4,5,6,7,8,9). The molecule has 6 N–H and O–H groups in total. The number of rotatable bonds is 12. The predicted octanol–water partition coefficient (Wildman–Crippen LogP) is -0.492. The van der Waals surface area contributed by atoms with Gasteiger partial charge in [0.15, 0.2) is 0 Å². The summed E-state index contributed by atoms with van der Waals surface area (Å²) in [5, 5.41) is 0.